The predicted octanol–water partition coefficient (Wildman–Crippen LogP) is 1.22. The normalized spacial score (nSPS) is 14.8. The van der Waals surface area contributed by atoms with Gasteiger partial charge in [0.1, 0.15) is 5.78 Å². The quantitative estimate of drug-likeness (QED) is 0.565. The Morgan fingerprint density at radius 2 is 1.86 bits per heavy atom. The maximum absolute atomic E-state index is 11.9. The molecule has 0 aliphatic heterocycles. The van der Waals surface area contributed by atoms with Gasteiger partial charge in [0.2, 0.25) is 5.91 Å². The van der Waals surface area contributed by atoms with Crippen LogP contribution < -0.4 is 11.1 Å². The van der Waals surface area contributed by atoms with Crippen molar-refractivity contribution in [2.24, 2.45) is 11.7 Å². The van der Waals surface area contributed by atoms with Crippen LogP contribution in [0.2, 0.25) is 0 Å². The Morgan fingerprint density at radius 3 is 2.33 bits per heavy atom. The molecule has 0 saturated heterocycles. The van der Waals surface area contributed by atoms with Gasteiger partial charge >= 0.3 is 7.60 Å². The van der Waals surface area contributed by atoms with Gasteiger partial charge in [0.25, 0.3) is 0 Å². The van der Waals surface area contributed by atoms with Crippen LogP contribution in [0.5, 0.6) is 0 Å². The van der Waals surface area contributed by atoms with Crippen molar-refractivity contribution in [2.75, 3.05) is 0 Å². The zero-order chi connectivity index (χ0) is 16.0. The minimum Gasteiger partial charge on any atom is -0.340 e. The van der Waals surface area contributed by atoms with E-state index in [1.165, 1.54) is 0 Å². The number of hydrogen-bond acceptors (Lipinski definition) is 3. The third kappa shape index (κ3) is 6.40. The molecule has 1 unspecified atom stereocenters. The summed E-state index contributed by atoms with van der Waals surface area (Å²) >= 11 is 0. The molecule has 1 aromatic carbocycles. The smallest absolute Gasteiger partial charge is 0.340 e. The van der Waals surface area contributed by atoms with Gasteiger partial charge in [0, 0.05) is 6.42 Å². The summed E-state index contributed by atoms with van der Waals surface area (Å²) in [7, 11) is -4.46. The summed E-state index contributed by atoms with van der Waals surface area (Å²) in [5.41, 5.74) is 6.48. The summed E-state index contributed by atoms with van der Waals surface area (Å²) in [4.78, 5) is 30.8. The van der Waals surface area contributed by atoms with Crippen LogP contribution in [0, 0.1) is 5.92 Å². The van der Waals surface area contributed by atoms with Crippen molar-refractivity contribution in [1.82, 2.24) is 5.32 Å². The molecule has 0 heterocycles. The molecule has 2 atom stereocenters. The lowest BCUT2D eigenvalue weighted by atomic mass is 10.0. The van der Waals surface area contributed by atoms with E-state index in [0.717, 1.165) is 5.56 Å². The SMILES string of the molecule is CC(C)C[C@H](N)C(=O)NC(Cc1ccccc1)P(=O)(O)O. The third-order valence-electron chi connectivity index (χ3n) is 3.05. The first-order valence-electron chi connectivity index (χ1n) is 6.85. The Balaban J connectivity index is 2.76. The molecule has 0 radical (unpaired) electrons. The van der Waals surface area contributed by atoms with Crippen LogP contribution in [0.25, 0.3) is 0 Å². The number of nitrogens with one attached hydrogen (secondary N) is 1. The average Bonchev–Trinajstić information content (AvgIpc) is 2.37. The molecule has 1 amide bonds. The molecule has 118 valence electrons. The van der Waals surface area contributed by atoms with Gasteiger partial charge in [0.15, 0.2) is 0 Å². The minimum absolute atomic E-state index is 0.0608. The van der Waals surface area contributed by atoms with Gasteiger partial charge in [-0.2, -0.15) is 0 Å². The summed E-state index contributed by atoms with van der Waals surface area (Å²) in [6.45, 7) is 3.86. The second-order valence-electron chi connectivity index (χ2n) is 5.54. The zero-order valence-corrected chi connectivity index (χ0v) is 13.2. The fourth-order valence-corrected chi connectivity index (χ4v) is 2.72. The number of rotatable bonds is 7. The standard InChI is InChI=1S/C14H23N2O4P/c1-10(2)8-12(15)14(17)16-13(21(18,19)20)9-11-6-4-3-5-7-11/h3-7,10,12-13H,8-9,15H2,1-2H3,(H,16,17)(H2,18,19,20)/t12-,13?/m0/s1. The molecule has 7 heteroatoms. The average molecular weight is 314 g/mol. The van der Waals surface area contributed by atoms with Crippen LogP contribution in [0.15, 0.2) is 30.3 Å². The summed E-state index contributed by atoms with van der Waals surface area (Å²) < 4.78 is 11.6. The Labute approximate surface area is 124 Å². The van der Waals surface area contributed by atoms with Crippen LogP contribution in [-0.4, -0.2) is 27.5 Å². The first-order chi connectivity index (χ1) is 9.70. The highest BCUT2D eigenvalue weighted by Gasteiger charge is 2.31. The third-order valence-corrected chi connectivity index (χ3v) is 4.17. The molecule has 0 aliphatic rings. The van der Waals surface area contributed by atoms with E-state index in [9.17, 15) is 19.1 Å². The first kappa shape index (κ1) is 17.9. The van der Waals surface area contributed by atoms with Gasteiger partial charge in [-0.05, 0) is 17.9 Å². The molecule has 21 heavy (non-hydrogen) atoms. The van der Waals surface area contributed by atoms with Crippen LogP contribution in [0.1, 0.15) is 25.8 Å². The Morgan fingerprint density at radius 1 is 1.29 bits per heavy atom. The van der Waals surface area contributed by atoms with Gasteiger partial charge in [-0.15, -0.1) is 0 Å². The summed E-state index contributed by atoms with van der Waals surface area (Å²) in [6, 6.07) is 8.10. The van der Waals surface area contributed by atoms with Crippen molar-refractivity contribution in [3.8, 4) is 0 Å². The molecule has 5 N–H and O–H groups in total. The van der Waals surface area contributed by atoms with Crippen LogP contribution in [0.4, 0.5) is 0 Å². The second kappa shape index (κ2) is 7.71. The van der Waals surface area contributed by atoms with Crippen LogP contribution in [-0.2, 0) is 15.8 Å². The number of carbonyl (C=O) groups is 1. The van der Waals surface area contributed by atoms with E-state index in [2.05, 4.69) is 5.32 Å². The molecule has 0 saturated carbocycles. The summed E-state index contributed by atoms with van der Waals surface area (Å²) in [6.07, 6.45) is 0.524. The Bertz CT molecular complexity index is 501. The van der Waals surface area contributed by atoms with Gasteiger partial charge in [-0.1, -0.05) is 44.2 Å². The molecule has 6 nitrogen and oxygen atoms in total. The van der Waals surface area contributed by atoms with E-state index in [1.807, 2.05) is 19.9 Å². The van der Waals surface area contributed by atoms with Crippen molar-refractivity contribution >= 4 is 13.5 Å². The summed E-state index contributed by atoms with van der Waals surface area (Å²) in [5.74, 6) is -1.56. The van der Waals surface area contributed by atoms with Gasteiger partial charge in [0.05, 0.1) is 6.04 Å². The van der Waals surface area contributed by atoms with E-state index in [0.29, 0.717) is 6.42 Å². The Hall–Kier alpha value is -1.20. The van der Waals surface area contributed by atoms with Crippen molar-refractivity contribution in [3.05, 3.63) is 35.9 Å². The monoisotopic (exact) mass is 314 g/mol. The lowest BCUT2D eigenvalue weighted by Crippen LogP contribution is -2.46. The highest BCUT2D eigenvalue weighted by Crippen LogP contribution is 2.41. The van der Waals surface area contributed by atoms with Gasteiger partial charge in [-0.3, -0.25) is 9.36 Å². The molecule has 0 bridgehead atoms. The Kier molecular flexibility index (Phi) is 6.55. The van der Waals surface area contributed by atoms with E-state index in [1.54, 1.807) is 24.3 Å². The number of amides is 1. The highest BCUT2D eigenvalue weighted by atomic mass is 31.2. The van der Waals surface area contributed by atoms with Crippen molar-refractivity contribution in [2.45, 2.75) is 38.5 Å². The lowest BCUT2D eigenvalue weighted by Gasteiger charge is -2.22. The highest BCUT2D eigenvalue weighted by molar-refractivity contribution is 7.52. The molecular weight excluding hydrogens is 291 g/mol. The minimum atomic E-state index is -4.46. The van der Waals surface area contributed by atoms with Gasteiger partial charge < -0.3 is 20.8 Å². The number of hydrogen-bond donors (Lipinski definition) is 4. The maximum atomic E-state index is 11.9. The lowest BCUT2D eigenvalue weighted by molar-refractivity contribution is -0.123. The van der Waals surface area contributed by atoms with Crippen molar-refractivity contribution in [1.29, 1.82) is 0 Å². The van der Waals surface area contributed by atoms with Crippen LogP contribution >= 0.6 is 7.60 Å². The van der Waals surface area contributed by atoms with Crippen molar-refractivity contribution < 1.29 is 19.1 Å². The molecule has 0 aromatic heterocycles. The molecule has 1 rings (SSSR count). The largest absolute Gasteiger partial charge is 0.347 e. The molecule has 0 fully saturated rings. The van der Waals surface area contributed by atoms with E-state index < -0.39 is 25.3 Å². The topological polar surface area (TPSA) is 113 Å². The van der Waals surface area contributed by atoms with Crippen molar-refractivity contribution in [3.63, 3.8) is 0 Å². The molecule has 1 aromatic rings. The fourth-order valence-electron chi connectivity index (χ4n) is 1.98. The predicted molar refractivity (Wildman–Crippen MR) is 81.6 cm³/mol. The van der Waals surface area contributed by atoms with Crippen LogP contribution in [0.3, 0.4) is 0 Å². The first-order valence-corrected chi connectivity index (χ1v) is 8.53. The molecule has 0 aliphatic carbocycles. The van der Waals surface area contributed by atoms with E-state index >= 15 is 0 Å². The summed E-state index contributed by atoms with van der Waals surface area (Å²) in [5, 5.41) is 2.38. The van der Waals surface area contributed by atoms with Gasteiger partial charge in [-0.25, -0.2) is 0 Å². The second-order valence-corrected chi connectivity index (χ2v) is 7.34. The number of nitrogens with two attached hydrogens (primary N) is 1. The fraction of sp³-hybridized carbons (Fsp3) is 0.500. The molecule has 0 spiro atoms. The number of carbonyl (C=O) groups excluding carboxylic acids is 1. The molecular formula is C14H23N2O4P. The number of benzene rings is 1. The maximum Gasteiger partial charge on any atom is 0.347 e. The zero-order valence-electron chi connectivity index (χ0n) is 12.3. The van der Waals surface area contributed by atoms with E-state index in [4.69, 9.17) is 5.73 Å². The van der Waals surface area contributed by atoms with E-state index in [-0.39, 0.29) is 12.3 Å².